The summed E-state index contributed by atoms with van der Waals surface area (Å²) in [5.41, 5.74) is 8.13. The molecule has 0 saturated carbocycles. The maximum atomic E-state index is 12.3. The molecule has 0 aromatic carbocycles. The van der Waals surface area contributed by atoms with Gasteiger partial charge in [0.25, 0.3) is 0 Å². The van der Waals surface area contributed by atoms with Gasteiger partial charge in [0.05, 0.1) is 5.69 Å². The predicted molar refractivity (Wildman–Crippen MR) is 112 cm³/mol. The van der Waals surface area contributed by atoms with E-state index < -0.39 is 0 Å². The van der Waals surface area contributed by atoms with Crippen LogP contribution in [-0.2, 0) is 37.8 Å². The standard InChI is InChI=1S/C19H27N5O.2ClH/c1-12-18(17-7-8-20-9-15(17)10-21-12)11-22-19(25)6-5-16-13(2)23-24(4)14(16)3;;/h10,20H,5-9,11H2,1-4H3,(H,22,25);2*1H. The van der Waals surface area contributed by atoms with Gasteiger partial charge in [0.15, 0.2) is 0 Å². The first-order valence-electron chi connectivity index (χ1n) is 8.90. The second-order valence-corrected chi connectivity index (χ2v) is 6.80. The average Bonchev–Trinajstić information content (AvgIpc) is 2.84. The second kappa shape index (κ2) is 10.1. The Labute approximate surface area is 173 Å². The van der Waals surface area contributed by atoms with E-state index in [0.717, 1.165) is 43.0 Å². The van der Waals surface area contributed by atoms with Crippen LogP contribution in [0.15, 0.2) is 6.20 Å². The zero-order valence-electron chi connectivity index (χ0n) is 16.4. The van der Waals surface area contributed by atoms with Gasteiger partial charge in [-0.3, -0.25) is 14.5 Å². The number of rotatable bonds is 5. The van der Waals surface area contributed by atoms with E-state index >= 15 is 0 Å². The molecule has 2 aromatic rings. The maximum Gasteiger partial charge on any atom is 0.220 e. The summed E-state index contributed by atoms with van der Waals surface area (Å²) >= 11 is 0. The van der Waals surface area contributed by atoms with E-state index in [9.17, 15) is 4.79 Å². The molecule has 0 spiro atoms. The molecule has 6 nitrogen and oxygen atoms in total. The summed E-state index contributed by atoms with van der Waals surface area (Å²) in [4.78, 5) is 16.8. The Morgan fingerprint density at radius 2 is 1.96 bits per heavy atom. The molecule has 0 unspecified atom stereocenters. The normalized spacial score (nSPS) is 12.6. The van der Waals surface area contributed by atoms with Crippen molar-refractivity contribution >= 4 is 30.7 Å². The molecule has 0 fully saturated rings. The van der Waals surface area contributed by atoms with E-state index in [1.165, 1.54) is 22.3 Å². The number of fused-ring (bicyclic) bond motifs is 1. The van der Waals surface area contributed by atoms with E-state index in [1.54, 1.807) is 0 Å². The van der Waals surface area contributed by atoms with Crippen LogP contribution in [0, 0.1) is 20.8 Å². The molecule has 0 aliphatic carbocycles. The number of aryl methyl sites for hydroxylation is 3. The van der Waals surface area contributed by atoms with Crippen molar-refractivity contribution in [3.63, 3.8) is 0 Å². The number of hydrogen-bond acceptors (Lipinski definition) is 4. The van der Waals surface area contributed by atoms with Crippen LogP contribution in [0.4, 0.5) is 0 Å². The van der Waals surface area contributed by atoms with Gasteiger partial charge in [-0.2, -0.15) is 5.10 Å². The van der Waals surface area contributed by atoms with Crippen molar-refractivity contribution in [1.29, 1.82) is 0 Å². The Morgan fingerprint density at radius 3 is 2.63 bits per heavy atom. The van der Waals surface area contributed by atoms with Gasteiger partial charge in [-0.05, 0) is 62.4 Å². The lowest BCUT2D eigenvalue weighted by atomic mass is 9.96. The highest BCUT2D eigenvalue weighted by molar-refractivity contribution is 5.85. The van der Waals surface area contributed by atoms with Crippen molar-refractivity contribution in [2.24, 2.45) is 7.05 Å². The lowest BCUT2D eigenvalue weighted by molar-refractivity contribution is -0.121. The molecule has 3 rings (SSSR count). The van der Waals surface area contributed by atoms with E-state index in [0.29, 0.717) is 13.0 Å². The van der Waals surface area contributed by atoms with Crippen LogP contribution < -0.4 is 10.6 Å². The predicted octanol–water partition coefficient (Wildman–Crippen LogP) is 2.48. The number of hydrogen-bond donors (Lipinski definition) is 2. The Morgan fingerprint density at radius 1 is 1.22 bits per heavy atom. The second-order valence-electron chi connectivity index (χ2n) is 6.80. The van der Waals surface area contributed by atoms with Gasteiger partial charge in [-0.1, -0.05) is 0 Å². The maximum absolute atomic E-state index is 12.3. The smallest absolute Gasteiger partial charge is 0.220 e. The minimum absolute atomic E-state index is 0. The quantitative estimate of drug-likeness (QED) is 0.789. The minimum atomic E-state index is 0. The fourth-order valence-corrected chi connectivity index (χ4v) is 3.57. The first-order chi connectivity index (χ1) is 12.0. The lowest BCUT2D eigenvalue weighted by Gasteiger charge is -2.21. The molecular weight excluding hydrogens is 385 g/mol. The molecular formula is C19H29Cl2N5O. The van der Waals surface area contributed by atoms with Gasteiger partial charge in [-0.15, -0.1) is 24.8 Å². The molecule has 8 heteroatoms. The third-order valence-corrected chi connectivity index (χ3v) is 5.19. The minimum Gasteiger partial charge on any atom is -0.352 e. The highest BCUT2D eigenvalue weighted by Crippen LogP contribution is 2.20. The van der Waals surface area contributed by atoms with Crippen LogP contribution >= 0.6 is 24.8 Å². The van der Waals surface area contributed by atoms with Gasteiger partial charge in [0.2, 0.25) is 5.91 Å². The third-order valence-electron chi connectivity index (χ3n) is 5.19. The number of halogens is 2. The number of aromatic nitrogens is 3. The zero-order valence-corrected chi connectivity index (χ0v) is 18.0. The number of nitrogens with one attached hydrogen (secondary N) is 2. The van der Waals surface area contributed by atoms with Gasteiger partial charge in [0, 0.05) is 44.1 Å². The van der Waals surface area contributed by atoms with E-state index in [4.69, 9.17) is 0 Å². The van der Waals surface area contributed by atoms with E-state index in [-0.39, 0.29) is 30.7 Å². The summed E-state index contributed by atoms with van der Waals surface area (Å²) in [6, 6.07) is 0. The van der Waals surface area contributed by atoms with Crippen molar-refractivity contribution in [1.82, 2.24) is 25.4 Å². The van der Waals surface area contributed by atoms with Crippen LogP contribution in [0.1, 0.15) is 45.8 Å². The van der Waals surface area contributed by atoms with Crippen LogP contribution in [0.25, 0.3) is 0 Å². The van der Waals surface area contributed by atoms with Crippen LogP contribution in [-0.4, -0.2) is 27.2 Å². The number of nitrogens with zero attached hydrogens (tertiary/aromatic N) is 3. The zero-order chi connectivity index (χ0) is 18.0. The van der Waals surface area contributed by atoms with Crippen LogP contribution in [0.5, 0.6) is 0 Å². The fraction of sp³-hybridized carbons (Fsp3) is 0.526. The number of amides is 1. The summed E-state index contributed by atoms with van der Waals surface area (Å²) in [7, 11) is 1.94. The summed E-state index contributed by atoms with van der Waals surface area (Å²) in [5.74, 6) is 0.0774. The molecule has 0 radical (unpaired) electrons. The molecule has 2 N–H and O–H groups in total. The summed E-state index contributed by atoms with van der Waals surface area (Å²) in [5, 5.41) is 10.9. The van der Waals surface area contributed by atoms with Crippen molar-refractivity contribution < 1.29 is 4.79 Å². The Bertz CT molecular complexity index is 804. The molecule has 3 heterocycles. The Balaban J connectivity index is 0.00000182. The monoisotopic (exact) mass is 413 g/mol. The van der Waals surface area contributed by atoms with Gasteiger partial charge < -0.3 is 10.6 Å². The summed E-state index contributed by atoms with van der Waals surface area (Å²) < 4.78 is 1.88. The Hall–Kier alpha value is -1.63. The van der Waals surface area contributed by atoms with E-state index in [1.807, 2.05) is 38.7 Å². The molecule has 1 aliphatic heterocycles. The topological polar surface area (TPSA) is 71.8 Å². The summed E-state index contributed by atoms with van der Waals surface area (Å²) in [6.07, 6.45) is 4.16. The average molecular weight is 414 g/mol. The SMILES string of the molecule is Cc1ncc2c(c1CNC(=O)CCc1c(C)nn(C)c1C)CCNC2.Cl.Cl. The van der Waals surface area contributed by atoms with Crippen molar-refractivity contribution in [2.75, 3.05) is 6.54 Å². The molecule has 1 aliphatic rings. The molecule has 1 amide bonds. The highest BCUT2D eigenvalue weighted by atomic mass is 35.5. The van der Waals surface area contributed by atoms with Crippen molar-refractivity contribution in [3.05, 3.63) is 45.5 Å². The van der Waals surface area contributed by atoms with E-state index in [2.05, 4.69) is 20.7 Å². The molecule has 2 aromatic heterocycles. The first kappa shape index (κ1) is 23.4. The van der Waals surface area contributed by atoms with Crippen LogP contribution in [0.2, 0.25) is 0 Å². The molecule has 0 bridgehead atoms. The van der Waals surface area contributed by atoms with Crippen molar-refractivity contribution in [3.8, 4) is 0 Å². The molecule has 27 heavy (non-hydrogen) atoms. The fourth-order valence-electron chi connectivity index (χ4n) is 3.57. The highest BCUT2D eigenvalue weighted by Gasteiger charge is 2.17. The first-order valence-corrected chi connectivity index (χ1v) is 8.90. The Kier molecular flexibility index (Phi) is 8.72. The van der Waals surface area contributed by atoms with Crippen LogP contribution in [0.3, 0.4) is 0 Å². The molecule has 0 saturated heterocycles. The third kappa shape index (κ3) is 5.21. The largest absolute Gasteiger partial charge is 0.352 e. The lowest BCUT2D eigenvalue weighted by Crippen LogP contribution is -2.29. The van der Waals surface area contributed by atoms with Gasteiger partial charge >= 0.3 is 0 Å². The number of carbonyl (C=O) groups excluding carboxylic acids is 1. The summed E-state index contributed by atoms with van der Waals surface area (Å²) in [6.45, 7) is 8.48. The van der Waals surface area contributed by atoms with Gasteiger partial charge in [-0.25, -0.2) is 0 Å². The number of carbonyl (C=O) groups is 1. The number of pyridine rings is 1. The molecule has 150 valence electrons. The van der Waals surface area contributed by atoms with Crippen molar-refractivity contribution in [2.45, 2.75) is 53.1 Å². The molecule has 0 atom stereocenters. The van der Waals surface area contributed by atoms with Gasteiger partial charge in [0.1, 0.15) is 0 Å².